The average molecular weight is 223 g/mol. The van der Waals surface area contributed by atoms with Crippen molar-refractivity contribution < 1.29 is 0 Å². The van der Waals surface area contributed by atoms with Crippen LogP contribution >= 0.6 is 0 Å². The first-order valence-electron chi connectivity index (χ1n) is 7.40. The van der Waals surface area contributed by atoms with Crippen molar-refractivity contribution in [3.63, 3.8) is 0 Å². The molecule has 0 bridgehead atoms. The van der Waals surface area contributed by atoms with Crippen molar-refractivity contribution in [1.82, 2.24) is 0 Å². The lowest BCUT2D eigenvalue weighted by Crippen LogP contribution is -2.36. The third kappa shape index (κ3) is 3.23. The van der Waals surface area contributed by atoms with Gasteiger partial charge in [-0.3, -0.25) is 0 Å². The SMILES string of the molecule is CC1CC(C)CC(C(N)CC2CCCC2)C1. The Kier molecular flexibility index (Phi) is 4.29. The van der Waals surface area contributed by atoms with Gasteiger partial charge in [0.05, 0.1) is 0 Å². The van der Waals surface area contributed by atoms with E-state index in [4.69, 9.17) is 5.73 Å². The maximum atomic E-state index is 6.45. The van der Waals surface area contributed by atoms with Crippen LogP contribution in [0.4, 0.5) is 0 Å². The van der Waals surface area contributed by atoms with Crippen LogP contribution in [0.2, 0.25) is 0 Å². The molecule has 1 heteroatoms. The third-order valence-corrected chi connectivity index (χ3v) is 4.90. The van der Waals surface area contributed by atoms with Crippen molar-refractivity contribution >= 4 is 0 Å². The molecule has 3 atom stereocenters. The molecule has 0 aromatic carbocycles. The second kappa shape index (κ2) is 5.53. The van der Waals surface area contributed by atoms with E-state index in [1.165, 1.54) is 51.4 Å². The second-order valence-electron chi connectivity index (χ2n) is 6.73. The molecule has 2 aliphatic rings. The summed E-state index contributed by atoms with van der Waals surface area (Å²) in [6, 6.07) is 0.494. The molecule has 1 nitrogen and oxygen atoms in total. The van der Waals surface area contributed by atoms with Crippen LogP contribution in [-0.4, -0.2) is 6.04 Å². The molecule has 16 heavy (non-hydrogen) atoms. The highest BCUT2D eigenvalue weighted by Crippen LogP contribution is 2.37. The quantitative estimate of drug-likeness (QED) is 0.770. The van der Waals surface area contributed by atoms with Crippen LogP contribution in [0.25, 0.3) is 0 Å². The minimum atomic E-state index is 0.494. The first-order chi connectivity index (χ1) is 7.65. The molecule has 0 amide bonds. The normalized spacial score (nSPS) is 38.8. The van der Waals surface area contributed by atoms with Gasteiger partial charge in [-0.25, -0.2) is 0 Å². The van der Waals surface area contributed by atoms with E-state index in [0.717, 1.165) is 23.7 Å². The van der Waals surface area contributed by atoms with Crippen molar-refractivity contribution in [2.24, 2.45) is 29.4 Å². The zero-order chi connectivity index (χ0) is 11.5. The molecule has 2 aliphatic carbocycles. The highest BCUT2D eigenvalue weighted by Gasteiger charge is 2.29. The second-order valence-corrected chi connectivity index (χ2v) is 6.73. The Morgan fingerprint density at radius 3 is 2.12 bits per heavy atom. The van der Waals surface area contributed by atoms with Gasteiger partial charge < -0.3 is 5.73 Å². The van der Waals surface area contributed by atoms with Crippen molar-refractivity contribution in [3.8, 4) is 0 Å². The molecule has 0 aliphatic heterocycles. The maximum Gasteiger partial charge on any atom is 0.00700 e. The molecule has 0 saturated heterocycles. The fraction of sp³-hybridized carbons (Fsp3) is 1.00. The predicted molar refractivity (Wildman–Crippen MR) is 70.2 cm³/mol. The lowest BCUT2D eigenvalue weighted by Gasteiger charge is -2.35. The van der Waals surface area contributed by atoms with Crippen LogP contribution < -0.4 is 5.73 Å². The monoisotopic (exact) mass is 223 g/mol. The first-order valence-corrected chi connectivity index (χ1v) is 7.40. The molecule has 0 aromatic rings. The van der Waals surface area contributed by atoms with Gasteiger partial charge in [0.2, 0.25) is 0 Å². The van der Waals surface area contributed by atoms with Gasteiger partial charge >= 0.3 is 0 Å². The topological polar surface area (TPSA) is 26.0 Å². The van der Waals surface area contributed by atoms with Gasteiger partial charge in [-0.05, 0) is 49.4 Å². The summed E-state index contributed by atoms with van der Waals surface area (Å²) in [6.07, 6.45) is 11.3. The Labute approximate surface area is 101 Å². The van der Waals surface area contributed by atoms with E-state index in [1.807, 2.05) is 0 Å². The summed E-state index contributed by atoms with van der Waals surface area (Å²) in [5.41, 5.74) is 6.45. The molecule has 2 saturated carbocycles. The lowest BCUT2D eigenvalue weighted by atomic mass is 9.72. The van der Waals surface area contributed by atoms with E-state index in [0.29, 0.717) is 6.04 Å². The Bertz CT molecular complexity index is 197. The molecule has 2 fully saturated rings. The van der Waals surface area contributed by atoms with Crippen LogP contribution in [0.1, 0.15) is 65.2 Å². The van der Waals surface area contributed by atoms with E-state index in [2.05, 4.69) is 13.8 Å². The number of nitrogens with two attached hydrogens (primary N) is 1. The first kappa shape index (κ1) is 12.4. The average Bonchev–Trinajstić information content (AvgIpc) is 2.68. The highest BCUT2D eigenvalue weighted by molar-refractivity contribution is 4.84. The van der Waals surface area contributed by atoms with E-state index < -0.39 is 0 Å². The maximum absolute atomic E-state index is 6.45. The molecule has 0 spiro atoms. The van der Waals surface area contributed by atoms with Gasteiger partial charge in [-0.15, -0.1) is 0 Å². The summed E-state index contributed by atoms with van der Waals surface area (Å²) in [6.45, 7) is 4.82. The van der Waals surface area contributed by atoms with Gasteiger partial charge in [0.15, 0.2) is 0 Å². The van der Waals surface area contributed by atoms with Crippen molar-refractivity contribution in [2.75, 3.05) is 0 Å². The summed E-state index contributed by atoms with van der Waals surface area (Å²) >= 11 is 0. The van der Waals surface area contributed by atoms with Crippen LogP contribution in [0, 0.1) is 23.7 Å². The molecular weight excluding hydrogens is 194 g/mol. The smallest absolute Gasteiger partial charge is 0.00700 e. The summed E-state index contributed by atoms with van der Waals surface area (Å²) in [7, 11) is 0. The minimum Gasteiger partial charge on any atom is -0.327 e. The third-order valence-electron chi connectivity index (χ3n) is 4.90. The zero-order valence-electron chi connectivity index (χ0n) is 11.1. The largest absolute Gasteiger partial charge is 0.327 e. The number of rotatable bonds is 3. The minimum absolute atomic E-state index is 0.494. The van der Waals surface area contributed by atoms with Crippen LogP contribution in [0.5, 0.6) is 0 Å². The van der Waals surface area contributed by atoms with Gasteiger partial charge in [0.1, 0.15) is 0 Å². The standard InChI is InChI=1S/C15H29N/c1-11-7-12(2)9-14(8-11)15(16)10-13-5-3-4-6-13/h11-15H,3-10,16H2,1-2H3. The Balaban J connectivity index is 1.80. The number of hydrogen-bond acceptors (Lipinski definition) is 1. The summed E-state index contributed by atoms with van der Waals surface area (Å²) in [5.74, 6) is 3.59. The molecule has 0 heterocycles. The molecular formula is C15H29N. The van der Waals surface area contributed by atoms with E-state index in [9.17, 15) is 0 Å². The summed E-state index contributed by atoms with van der Waals surface area (Å²) in [5, 5.41) is 0. The zero-order valence-corrected chi connectivity index (χ0v) is 11.1. The number of hydrogen-bond donors (Lipinski definition) is 1. The fourth-order valence-corrected chi connectivity index (χ4v) is 4.18. The van der Waals surface area contributed by atoms with Crippen LogP contribution in [0.15, 0.2) is 0 Å². The van der Waals surface area contributed by atoms with Gasteiger partial charge in [0, 0.05) is 6.04 Å². The van der Waals surface area contributed by atoms with E-state index >= 15 is 0 Å². The lowest BCUT2D eigenvalue weighted by molar-refractivity contribution is 0.179. The molecule has 2 N–H and O–H groups in total. The Morgan fingerprint density at radius 1 is 1.00 bits per heavy atom. The highest BCUT2D eigenvalue weighted by atomic mass is 14.7. The van der Waals surface area contributed by atoms with Crippen LogP contribution in [0.3, 0.4) is 0 Å². The van der Waals surface area contributed by atoms with Gasteiger partial charge in [-0.1, -0.05) is 39.5 Å². The summed E-state index contributed by atoms with van der Waals surface area (Å²) < 4.78 is 0. The molecule has 2 rings (SSSR count). The van der Waals surface area contributed by atoms with Crippen molar-refractivity contribution in [2.45, 2.75) is 71.3 Å². The Hall–Kier alpha value is -0.0400. The summed E-state index contributed by atoms with van der Waals surface area (Å²) in [4.78, 5) is 0. The fourth-order valence-electron chi connectivity index (χ4n) is 4.18. The van der Waals surface area contributed by atoms with Gasteiger partial charge in [-0.2, -0.15) is 0 Å². The van der Waals surface area contributed by atoms with Crippen molar-refractivity contribution in [3.05, 3.63) is 0 Å². The van der Waals surface area contributed by atoms with Crippen molar-refractivity contribution in [1.29, 1.82) is 0 Å². The predicted octanol–water partition coefficient (Wildman–Crippen LogP) is 3.97. The Morgan fingerprint density at radius 2 is 1.56 bits per heavy atom. The molecule has 3 unspecified atom stereocenters. The molecule has 94 valence electrons. The van der Waals surface area contributed by atoms with E-state index in [1.54, 1.807) is 0 Å². The van der Waals surface area contributed by atoms with E-state index in [-0.39, 0.29) is 0 Å². The van der Waals surface area contributed by atoms with Crippen LogP contribution in [-0.2, 0) is 0 Å². The molecule has 0 aromatic heterocycles. The molecule has 0 radical (unpaired) electrons. The van der Waals surface area contributed by atoms with Gasteiger partial charge in [0.25, 0.3) is 0 Å².